The number of ketones is 1. The molecule has 0 bridgehead atoms. The van der Waals surface area contributed by atoms with E-state index in [1.165, 1.54) is 0 Å². The number of nitrogens with one attached hydrogen (secondary N) is 5. The topological polar surface area (TPSA) is 175 Å². The molecule has 0 saturated heterocycles. The number of amides is 3. The first-order valence-electron chi connectivity index (χ1n) is 18.0. The Morgan fingerprint density at radius 3 is 2.31 bits per heavy atom. The molecule has 0 unspecified atom stereocenters. The maximum absolute atomic E-state index is 13.8. The third-order valence-corrected chi connectivity index (χ3v) is 9.38. The molecule has 0 spiro atoms. The van der Waals surface area contributed by atoms with Gasteiger partial charge in [-0.05, 0) is 115 Å². The predicted molar refractivity (Wildman–Crippen MR) is 201 cm³/mol. The van der Waals surface area contributed by atoms with Gasteiger partial charge in [0, 0.05) is 47.8 Å². The molecule has 1 aliphatic rings. The van der Waals surface area contributed by atoms with E-state index in [0.29, 0.717) is 48.1 Å². The van der Waals surface area contributed by atoms with Crippen molar-refractivity contribution in [1.29, 1.82) is 0 Å². The molecule has 4 aromatic rings. The number of fused-ring (bicyclic) bond motifs is 1. The average Bonchev–Trinajstić information content (AvgIpc) is 3.46. The van der Waals surface area contributed by atoms with Crippen LogP contribution in [0.1, 0.15) is 88.5 Å². The molecule has 276 valence electrons. The lowest BCUT2D eigenvalue weighted by molar-refractivity contribution is -0.129. The van der Waals surface area contributed by atoms with Crippen LogP contribution in [0, 0.1) is 24.7 Å². The Morgan fingerprint density at radius 1 is 0.942 bits per heavy atom. The molecule has 2 heterocycles. The van der Waals surface area contributed by atoms with Gasteiger partial charge in [-0.3, -0.25) is 29.4 Å². The van der Waals surface area contributed by atoms with E-state index >= 15 is 0 Å². The molecule has 5 rings (SSSR count). The minimum absolute atomic E-state index is 0.00577. The minimum Gasteiger partial charge on any atom is -0.444 e. The van der Waals surface area contributed by atoms with Gasteiger partial charge in [-0.1, -0.05) is 30.3 Å². The number of pyridine rings is 1. The van der Waals surface area contributed by atoms with E-state index < -0.39 is 17.6 Å². The molecule has 2 aromatic carbocycles. The quantitative estimate of drug-likeness (QED) is 0.112. The standard InChI is InChI=1S/C40H50N6O6/c1-23(2)42-38(50)33-18-17-31(24(3)43-33)27-11-7-25(8-12-27)19-29(36(48)44-30-15-16-32-34(21-30)45-46-37(32)49)20-35(47)28-13-9-26(10-14-28)22-41-39(51)52-40(4,5)6/h7-8,11-12,15-18,21,23,26,28-29H,9-10,13-14,19-20,22H2,1-6H3,(H,41,51)(H,42,50)(H,44,48)(H2,45,46,49)/t26?,28?,29-/m1/s1. The Bertz CT molecular complexity index is 1960. The van der Waals surface area contributed by atoms with Gasteiger partial charge in [-0.2, -0.15) is 0 Å². The molecule has 0 radical (unpaired) electrons. The lowest BCUT2D eigenvalue weighted by Crippen LogP contribution is -2.37. The van der Waals surface area contributed by atoms with Crippen LogP contribution < -0.4 is 21.5 Å². The number of H-pyrrole nitrogens is 2. The molecule has 2 aromatic heterocycles. The number of nitrogens with zero attached hydrogens (tertiary/aromatic N) is 1. The molecule has 3 amide bonds. The summed E-state index contributed by atoms with van der Waals surface area (Å²) >= 11 is 0. The summed E-state index contributed by atoms with van der Waals surface area (Å²) in [5, 5.41) is 14.5. The molecule has 12 nitrogen and oxygen atoms in total. The van der Waals surface area contributed by atoms with E-state index in [1.807, 2.05) is 71.9 Å². The van der Waals surface area contributed by atoms with Crippen molar-refractivity contribution >= 4 is 40.3 Å². The number of hydrogen-bond donors (Lipinski definition) is 5. The molecular weight excluding hydrogens is 660 g/mol. The summed E-state index contributed by atoms with van der Waals surface area (Å²) in [7, 11) is 0. The highest BCUT2D eigenvalue weighted by atomic mass is 16.6. The molecule has 1 atom stereocenters. The number of Topliss-reactive ketones (excluding diaryl/α,β-unsaturated/α-hetero) is 1. The van der Waals surface area contributed by atoms with Crippen LogP contribution in [0.3, 0.4) is 0 Å². The zero-order valence-electron chi connectivity index (χ0n) is 30.9. The summed E-state index contributed by atoms with van der Waals surface area (Å²) in [4.78, 5) is 68.6. The summed E-state index contributed by atoms with van der Waals surface area (Å²) in [6.45, 7) is 11.6. The van der Waals surface area contributed by atoms with Gasteiger partial charge in [0.1, 0.15) is 17.1 Å². The lowest BCUT2D eigenvalue weighted by atomic mass is 9.77. The molecule has 12 heteroatoms. The first-order chi connectivity index (χ1) is 24.6. The van der Waals surface area contributed by atoms with Gasteiger partial charge in [-0.15, -0.1) is 0 Å². The van der Waals surface area contributed by atoms with Crippen molar-refractivity contribution in [2.45, 2.75) is 91.7 Å². The van der Waals surface area contributed by atoms with Gasteiger partial charge in [0.2, 0.25) is 5.91 Å². The number of rotatable bonds is 12. The van der Waals surface area contributed by atoms with E-state index in [2.05, 4.69) is 31.1 Å². The molecule has 0 aliphatic heterocycles. The average molecular weight is 711 g/mol. The van der Waals surface area contributed by atoms with Crippen molar-refractivity contribution in [3.8, 4) is 11.1 Å². The summed E-state index contributed by atoms with van der Waals surface area (Å²) in [6.07, 6.45) is 3.00. The van der Waals surface area contributed by atoms with Gasteiger partial charge in [0.25, 0.3) is 11.5 Å². The van der Waals surface area contributed by atoms with Crippen molar-refractivity contribution < 1.29 is 23.9 Å². The van der Waals surface area contributed by atoms with Crippen molar-refractivity contribution in [3.63, 3.8) is 0 Å². The van der Waals surface area contributed by atoms with Crippen molar-refractivity contribution in [3.05, 3.63) is 81.9 Å². The summed E-state index contributed by atoms with van der Waals surface area (Å²) in [5.41, 5.74) is 4.09. The lowest BCUT2D eigenvalue weighted by Gasteiger charge is -2.29. The third kappa shape index (κ3) is 10.2. The Hall–Kier alpha value is -5.26. The monoisotopic (exact) mass is 710 g/mol. The number of carbonyl (C=O) groups is 4. The van der Waals surface area contributed by atoms with E-state index in [1.54, 1.807) is 24.3 Å². The van der Waals surface area contributed by atoms with Crippen molar-refractivity contribution in [2.75, 3.05) is 11.9 Å². The molecule has 1 fully saturated rings. The fourth-order valence-electron chi connectivity index (χ4n) is 6.69. The number of aromatic nitrogens is 3. The smallest absolute Gasteiger partial charge is 0.407 e. The van der Waals surface area contributed by atoms with Crippen molar-refractivity contribution in [2.24, 2.45) is 17.8 Å². The highest BCUT2D eigenvalue weighted by molar-refractivity contribution is 5.97. The zero-order chi connectivity index (χ0) is 37.6. The van der Waals surface area contributed by atoms with E-state index in [9.17, 15) is 24.0 Å². The zero-order valence-corrected chi connectivity index (χ0v) is 30.9. The largest absolute Gasteiger partial charge is 0.444 e. The van der Waals surface area contributed by atoms with Crippen LogP contribution in [-0.4, -0.2) is 57.1 Å². The molecule has 1 saturated carbocycles. The van der Waals surface area contributed by atoms with Gasteiger partial charge in [0.05, 0.1) is 10.9 Å². The number of aromatic amines is 2. The number of carbonyl (C=O) groups excluding carboxylic acids is 4. The van der Waals surface area contributed by atoms with E-state index in [0.717, 1.165) is 35.2 Å². The van der Waals surface area contributed by atoms with Crippen LogP contribution in [0.15, 0.2) is 59.4 Å². The second-order valence-electron chi connectivity index (χ2n) is 15.2. The molecule has 52 heavy (non-hydrogen) atoms. The minimum atomic E-state index is -0.631. The maximum atomic E-state index is 13.8. The van der Waals surface area contributed by atoms with E-state index in [-0.39, 0.29) is 47.5 Å². The number of alkyl carbamates (subject to hydrolysis) is 1. The maximum Gasteiger partial charge on any atom is 0.407 e. The fraction of sp³-hybridized carbons (Fsp3) is 0.450. The summed E-state index contributed by atoms with van der Waals surface area (Å²) in [5.74, 6) is -0.963. The van der Waals surface area contributed by atoms with Crippen LogP contribution in [0.5, 0.6) is 0 Å². The van der Waals surface area contributed by atoms with Crippen LogP contribution in [0.2, 0.25) is 0 Å². The third-order valence-electron chi connectivity index (χ3n) is 9.38. The Morgan fingerprint density at radius 2 is 1.65 bits per heavy atom. The fourth-order valence-corrected chi connectivity index (χ4v) is 6.69. The van der Waals surface area contributed by atoms with Crippen LogP contribution in [0.25, 0.3) is 22.0 Å². The van der Waals surface area contributed by atoms with Gasteiger partial charge in [-0.25, -0.2) is 9.78 Å². The van der Waals surface area contributed by atoms with Crippen LogP contribution >= 0.6 is 0 Å². The van der Waals surface area contributed by atoms with Gasteiger partial charge < -0.3 is 20.7 Å². The SMILES string of the molecule is Cc1nc(C(=O)NC(C)C)ccc1-c1ccc(C[C@H](CC(=O)C2CCC(CNC(=O)OC(C)(C)C)CC2)C(=O)Nc2ccc3c(=O)[nH][nH]c3c2)cc1. The van der Waals surface area contributed by atoms with Gasteiger partial charge >= 0.3 is 6.09 Å². The molecular formula is C40H50N6O6. The summed E-state index contributed by atoms with van der Waals surface area (Å²) in [6, 6.07) is 16.5. The summed E-state index contributed by atoms with van der Waals surface area (Å²) < 4.78 is 5.35. The van der Waals surface area contributed by atoms with Crippen LogP contribution in [-0.2, 0) is 20.7 Å². The molecule has 5 N–H and O–H groups in total. The highest BCUT2D eigenvalue weighted by Crippen LogP contribution is 2.32. The van der Waals surface area contributed by atoms with Crippen LogP contribution in [0.4, 0.5) is 10.5 Å². The number of benzene rings is 2. The number of hydrogen-bond acceptors (Lipinski definition) is 7. The second kappa shape index (κ2) is 16.4. The Balaban J connectivity index is 1.26. The van der Waals surface area contributed by atoms with E-state index in [4.69, 9.17) is 4.74 Å². The number of ether oxygens (including phenoxy) is 1. The first kappa shape index (κ1) is 38.0. The predicted octanol–water partition coefficient (Wildman–Crippen LogP) is 6.45. The molecule has 1 aliphatic carbocycles. The Kier molecular flexibility index (Phi) is 12.0. The number of aryl methyl sites for hydroxylation is 1. The van der Waals surface area contributed by atoms with Gasteiger partial charge in [0.15, 0.2) is 0 Å². The van der Waals surface area contributed by atoms with Crippen molar-refractivity contribution in [1.82, 2.24) is 25.8 Å². The highest BCUT2D eigenvalue weighted by Gasteiger charge is 2.31. The Labute approximate surface area is 303 Å². The first-order valence-corrected chi connectivity index (χ1v) is 18.0. The normalized spacial score (nSPS) is 16.7. The second-order valence-corrected chi connectivity index (χ2v) is 15.2. The number of anilines is 1.